The van der Waals surface area contributed by atoms with Crippen LogP contribution in [0.25, 0.3) is 10.9 Å². The van der Waals surface area contributed by atoms with Gasteiger partial charge in [0.15, 0.2) is 0 Å². The summed E-state index contributed by atoms with van der Waals surface area (Å²) >= 11 is 0. The molecule has 3 aliphatic heterocycles. The molecule has 18 heavy (non-hydrogen) atoms. The fourth-order valence-electron chi connectivity index (χ4n) is 3.42. The molecule has 0 amide bonds. The molecule has 2 N–H and O–H groups in total. The standard InChI is InChI=1S/C14H18N4/c1-2-11-8-15-17-14(11)12(3-1)16-13-9-18-6-4-10(13)5-7-18/h1-3,8,10,13,16H,4-7,9H2,(H,15,17). The van der Waals surface area contributed by atoms with Crippen molar-refractivity contribution in [1.82, 2.24) is 15.1 Å². The summed E-state index contributed by atoms with van der Waals surface area (Å²) in [6, 6.07) is 6.95. The van der Waals surface area contributed by atoms with E-state index >= 15 is 0 Å². The van der Waals surface area contributed by atoms with Crippen molar-refractivity contribution in [3.8, 4) is 0 Å². The molecule has 3 aliphatic rings. The highest BCUT2D eigenvalue weighted by Gasteiger charge is 2.34. The van der Waals surface area contributed by atoms with Crippen LogP contribution in [0.4, 0.5) is 5.69 Å². The van der Waals surface area contributed by atoms with Crippen molar-refractivity contribution in [2.24, 2.45) is 5.92 Å². The molecule has 0 aliphatic carbocycles. The first-order valence-electron chi connectivity index (χ1n) is 6.81. The number of para-hydroxylation sites is 1. The van der Waals surface area contributed by atoms with E-state index in [0.717, 1.165) is 11.4 Å². The molecule has 94 valence electrons. The topological polar surface area (TPSA) is 44.0 Å². The molecule has 5 rings (SSSR count). The van der Waals surface area contributed by atoms with Crippen molar-refractivity contribution in [2.45, 2.75) is 18.9 Å². The van der Waals surface area contributed by atoms with E-state index in [1.54, 1.807) is 0 Å². The Hall–Kier alpha value is -1.55. The summed E-state index contributed by atoms with van der Waals surface area (Å²) < 4.78 is 0. The zero-order chi connectivity index (χ0) is 11.9. The van der Waals surface area contributed by atoms with Gasteiger partial charge in [0.1, 0.15) is 0 Å². The van der Waals surface area contributed by atoms with Gasteiger partial charge in [0.25, 0.3) is 0 Å². The summed E-state index contributed by atoms with van der Waals surface area (Å²) in [5.74, 6) is 0.841. The van der Waals surface area contributed by atoms with Gasteiger partial charge < -0.3 is 10.2 Å². The molecule has 4 nitrogen and oxygen atoms in total. The first kappa shape index (κ1) is 10.4. The highest BCUT2D eigenvalue weighted by atomic mass is 15.2. The number of nitrogens with one attached hydrogen (secondary N) is 2. The molecule has 0 spiro atoms. The van der Waals surface area contributed by atoms with Gasteiger partial charge in [-0.15, -0.1) is 0 Å². The fraction of sp³-hybridized carbons (Fsp3) is 0.500. The molecular formula is C14H18N4. The van der Waals surface area contributed by atoms with E-state index in [0.29, 0.717) is 6.04 Å². The molecular weight excluding hydrogens is 224 g/mol. The third kappa shape index (κ3) is 1.60. The van der Waals surface area contributed by atoms with Crippen LogP contribution in [0, 0.1) is 5.92 Å². The van der Waals surface area contributed by atoms with E-state index in [-0.39, 0.29) is 0 Å². The Kier molecular flexibility index (Phi) is 2.30. The second kappa shape index (κ2) is 3.99. The van der Waals surface area contributed by atoms with E-state index in [9.17, 15) is 0 Å². The molecule has 1 aromatic heterocycles. The average molecular weight is 242 g/mol. The molecule has 3 saturated heterocycles. The first-order valence-corrected chi connectivity index (χ1v) is 6.81. The van der Waals surface area contributed by atoms with Gasteiger partial charge in [-0.25, -0.2) is 0 Å². The van der Waals surface area contributed by atoms with Crippen LogP contribution in [0.3, 0.4) is 0 Å². The van der Waals surface area contributed by atoms with Gasteiger partial charge in [0.05, 0.1) is 17.4 Å². The largest absolute Gasteiger partial charge is 0.379 e. The molecule has 1 unspecified atom stereocenters. The number of nitrogens with zero attached hydrogens (tertiary/aromatic N) is 2. The van der Waals surface area contributed by atoms with Crippen LogP contribution in [-0.4, -0.2) is 40.8 Å². The number of hydrogen-bond acceptors (Lipinski definition) is 3. The van der Waals surface area contributed by atoms with Gasteiger partial charge in [-0.05, 0) is 37.9 Å². The minimum absolute atomic E-state index is 0.599. The summed E-state index contributed by atoms with van der Waals surface area (Å²) in [7, 11) is 0. The second-order valence-corrected chi connectivity index (χ2v) is 5.53. The van der Waals surface area contributed by atoms with Gasteiger partial charge in [0.2, 0.25) is 0 Å². The van der Waals surface area contributed by atoms with Crippen LogP contribution in [0.5, 0.6) is 0 Å². The molecule has 1 aromatic carbocycles. The number of rotatable bonds is 2. The third-order valence-corrected chi connectivity index (χ3v) is 4.47. The van der Waals surface area contributed by atoms with Crippen molar-refractivity contribution in [3.63, 3.8) is 0 Å². The first-order chi connectivity index (χ1) is 8.90. The quantitative estimate of drug-likeness (QED) is 0.847. The van der Waals surface area contributed by atoms with Gasteiger partial charge in [-0.1, -0.05) is 12.1 Å². The van der Waals surface area contributed by atoms with E-state index in [4.69, 9.17) is 0 Å². The van der Waals surface area contributed by atoms with Gasteiger partial charge in [-0.3, -0.25) is 5.10 Å². The van der Waals surface area contributed by atoms with E-state index in [2.05, 4.69) is 38.6 Å². The number of piperidine rings is 3. The molecule has 2 bridgehead atoms. The lowest BCUT2D eigenvalue weighted by Gasteiger charge is -2.45. The predicted octanol–water partition coefficient (Wildman–Crippen LogP) is 2.07. The summed E-state index contributed by atoms with van der Waals surface area (Å²) in [5.41, 5.74) is 2.33. The summed E-state index contributed by atoms with van der Waals surface area (Å²) in [6.07, 6.45) is 4.57. The van der Waals surface area contributed by atoms with Crippen molar-refractivity contribution < 1.29 is 0 Å². The van der Waals surface area contributed by atoms with Crippen molar-refractivity contribution in [1.29, 1.82) is 0 Å². The zero-order valence-electron chi connectivity index (χ0n) is 10.4. The maximum atomic E-state index is 4.13. The SMILES string of the molecule is c1cc(NC2CN3CCC2CC3)c2[nH]ncc2c1. The Morgan fingerprint density at radius 2 is 2.17 bits per heavy atom. The van der Waals surface area contributed by atoms with Crippen LogP contribution >= 0.6 is 0 Å². The van der Waals surface area contributed by atoms with E-state index < -0.39 is 0 Å². The summed E-state index contributed by atoms with van der Waals surface area (Å²) in [5, 5.41) is 12.1. The fourth-order valence-corrected chi connectivity index (χ4v) is 3.42. The van der Waals surface area contributed by atoms with Crippen molar-refractivity contribution in [3.05, 3.63) is 24.4 Å². The monoisotopic (exact) mass is 242 g/mol. The number of anilines is 1. The minimum Gasteiger partial charge on any atom is -0.379 e. The zero-order valence-corrected chi connectivity index (χ0v) is 10.4. The lowest BCUT2D eigenvalue weighted by Crippen LogP contribution is -2.53. The Balaban J connectivity index is 1.62. The van der Waals surface area contributed by atoms with Crippen LogP contribution in [-0.2, 0) is 0 Å². The molecule has 4 heteroatoms. The normalized spacial score (nSPS) is 30.8. The van der Waals surface area contributed by atoms with Gasteiger partial charge in [0, 0.05) is 18.0 Å². The molecule has 1 atom stereocenters. The highest BCUT2D eigenvalue weighted by Crippen LogP contribution is 2.31. The lowest BCUT2D eigenvalue weighted by atomic mass is 9.84. The maximum Gasteiger partial charge on any atom is 0.0881 e. The smallest absolute Gasteiger partial charge is 0.0881 e. The summed E-state index contributed by atoms with van der Waals surface area (Å²) in [6.45, 7) is 3.77. The minimum atomic E-state index is 0.599. The van der Waals surface area contributed by atoms with E-state index in [1.165, 1.54) is 43.5 Å². The van der Waals surface area contributed by atoms with Gasteiger partial charge in [-0.2, -0.15) is 5.10 Å². The number of aromatic amines is 1. The lowest BCUT2D eigenvalue weighted by molar-refractivity contribution is 0.0976. The molecule has 3 fully saturated rings. The predicted molar refractivity (Wildman–Crippen MR) is 72.7 cm³/mol. The Morgan fingerprint density at radius 1 is 1.28 bits per heavy atom. The third-order valence-electron chi connectivity index (χ3n) is 4.47. The number of H-pyrrole nitrogens is 1. The van der Waals surface area contributed by atoms with Crippen molar-refractivity contribution >= 4 is 16.6 Å². The average Bonchev–Trinajstić information content (AvgIpc) is 2.90. The van der Waals surface area contributed by atoms with E-state index in [1.807, 2.05) is 6.20 Å². The van der Waals surface area contributed by atoms with Gasteiger partial charge >= 0.3 is 0 Å². The van der Waals surface area contributed by atoms with Crippen LogP contribution < -0.4 is 5.32 Å². The van der Waals surface area contributed by atoms with Crippen molar-refractivity contribution in [2.75, 3.05) is 25.0 Å². The molecule has 4 heterocycles. The highest BCUT2D eigenvalue weighted by molar-refractivity contribution is 5.90. The Bertz CT molecular complexity index is 554. The summed E-state index contributed by atoms with van der Waals surface area (Å²) in [4.78, 5) is 2.57. The second-order valence-electron chi connectivity index (χ2n) is 5.53. The Labute approximate surface area is 106 Å². The Morgan fingerprint density at radius 3 is 2.94 bits per heavy atom. The maximum absolute atomic E-state index is 4.13. The molecule has 2 aromatic rings. The van der Waals surface area contributed by atoms with Crippen LogP contribution in [0.1, 0.15) is 12.8 Å². The number of fused-ring (bicyclic) bond motifs is 4. The van der Waals surface area contributed by atoms with Crippen LogP contribution in [0.2, 0.25) is 0 Å². The number of hydrogen-bond donors (Lipinski definition) is 2. The number of aromatic nitrogens is 2. The molecule has 0 saturated carbocycles. The molecule has 0 radical (unpaired) electrons. The number of benzene rings is 1. The van der Waals surface area contributed by atoms with Crippen LogP contribution in [0.15, 0.2) is 24.4 Å².